The molecule has 0 spiro atoms. The first-order valence-electron chi connectivity index (χ1n) is 5.67. The second-order valence-electron chi connectivity index (χ2n) is 4.75. The number of hydrogen-bond donors (Lipinski definition) is 2. The molecule has 0 aromatic heterocycles. The van der Waals surface area contributed by atoms with Crippen LogP contribution in [0.15, 0.2) is 0 Å². The number of ether oxygens (including phenoxy) is 4. The predicted octanol–water partition coefficient (Wildman–Crippen LogP) is -0.166. The minimum atomic E-state index is -0.956. The van der Waals surface area contributed by atoms with Crippen LogP contribution < -0.4 is 5.73 Å². The van der Waals surface area contributed by atoms with Gasteiger partial charge in [0.05, 0.1) is 0 Å². The van der Waals surface area contributed by atoms with Gasteiger partial charge in [-0.3, -0.25) is 0 Å². The lowest BCUT2D eigenvalue weighted by Gasteiger charge is -2.28. The predicted molar refractivity (Wildman–Crippen MR) is 61.3 cm³/mol. The van der Waals surface area contributed by atoms with Crippen molar-refractivity contribution in [2.24, 2.45) is 5.73 Å². The molecule has 0 bridgehead atoms. The van der Waals surface area contributed by atoms with E-state index in [-0.39, 0.29) is 6.04 Å². The fraction of sp³-hybridized carbons (Fsp3) is 1.00. The third-order valence-electron chi connectivity index (χ3n) is 2.76. The van der Waals surface area contributed by atoms with E-state index in [0.29, 0.717) is 0 Å². The summed E-state index contributed by atoms with van der Waals surface area (Å²) in [5, 5.41) is 10.1. The zero-order chi connectivity index (χ0) is 13.2. The number of aliphatic hydroxyl groups is 1. The normalized spacial score (nSPS) is 31.8. The Labute approximate surface area is 102 Å². The topological polar surface area (TPSA) is 83.2 Å². The molecule has 1 heterocycles. The number of hydrogen-bond acceptors (Lipinski definition) is 6. The van der Waals surface area contributed by atoms with Crippen LogP contribution in [0.4, 0.5) is 0 Å². The minimum absolute atomic E-state index is 0.259. The summed E-state index contributed by atoms with van der Waals surface area (Å²) in [4.78, 5) is 0. The molecule has 4 atom stereocenters. The third kappa shape index (κ3) is 3.37. The molecule has 1 aliphatic rings. The van der Waals surface area contributed by atoms with Gasteiger partial charge in [-0.15, -0.1) is 0 Å². The lowest BCUT2D eigenvalue weighted by atomic mass is 10.0. The quantitative estimate of drug-likeness (QED) is 0.658. The SMILES string of the molecule is COC(OC)[C@H](O)[C@H]1OC(C)(C)O[C@H]1[C@@H](C)N. The standard InChI is InChI=1S/C11H23NO5/c1-6(12)8-9(17-11(2,3)16-8)7(13)10(14-4)15-5/h6-10,13H,12H2,1-5H3/t6-,7-,8+,9-/m1/s1. The Morgan fingerprint density at radius 1 is 1.18 bits per heavy atom. The van der Waals surface area contributed by atoms with E-state index >= 15 is 0 Å². The molecule has 0 amide bonds. The van der Waals surface area contributed by atoms with Gasteiger partial charge in [-0.25, -0.2) is 0 Å². The van der Waals surface area contributed by atoms with Gasteiger partial charge in [-0.1, -0.05) is 0 Å². The third-order valence-corrected chi connectivity index (χ3v) is 2.76. The van der Waals surface area contributed by atoms with Crippen molar-refractivity contribution in [3.05, 3.63) is 0 Å². The van der Waals surface area contributed by atoms with Gasteiger partial charge in [0.1, 0.15) is 18.3 Å². The van der Waals surface area contributed by atoms with Crippen LogP contribution >= 0.6 is 0 Å². The number of methoxy groups -OCH3 is 2. The van der Waals surface area contributed by atoms with Gasteiger partial charge in [0.15, 0.2) is 12.1 Å². The maximum absolute atomic E-state index is 10.1. The van der Waals surface area contributed by atoms with Crippen LogP contribution in [0.5, 0.6) is 0 Å². The molecule has 0 aromatic carbocycles. The molecule has 102 valence electrons. The zero-order valence-electron chi connectivity index (χ0n) is 11.0. The van der Waals surface area contributed by atoms with Crippen LogP contribution in [0.2, 0.25) is 0 Å². The highest BCUT2D eigenvalue weighted by Crippen LogP contribution is 2.32. The molecule has 3 N–H and O–H groups in total. The van der Waals surface area contributed by atoms with Crippen LogP contribution in [0.3, 0.4) is 0 Å². The Balaban J connectivity index is 2.79. The van der Waals surface area contributed by atoms with Gasteiger partial charge < -0.3 is 29.8 Å². The average molecular weight is 249 g/mol. The van der Waals surface area contributed by atoms with Crippen LogP contribution in [-0.4, -0.2) is 55.8 Å². The van der Waals surface area contributed by atoms with E-state index in [1.54, 1.807) is 13.8 Å². The van der Waals surface area contributed by atoms with Gasteiger partial charge in [0, 0.05) is 20.3 Å². The van der Waals surface area contributed by atoms with Crippen molar-refractivity contribution < 1.29 is 24.1 Å². The molecule has 17 heavy (non-hydrogen) atoms. The van der Waals surface area contributed by atoms with E-state index < -0.39 is 30.4 Å². The largest absolute Gasteiger partial charge is 0.385 e. The summed E-state index contributed by atoms with van der Waals surface area (Å²) in [5.41, 5.74) is 5.83. The maximum Gasteiger partial charge on any atom is 0.185 e. The number of nitrogens with two attached hydrogens (primary N) is 1. The van der Waals surface area contributed by atoms with Gasteiger partial charge in [-0.05, 0) is 20.8 Å². The second kappa shape index (κ2) is 5.60. The summed E-state index contributed by atoms with van der Waals surface area (Å²) in [6.45, 7) is 5.37. The summed E-state index contributed by atoms with van der Waals surface area (Å²) in [6, 6.07) is -0.259. The van der Waals surface area contributed by atoms with E-state index in [1.165, 1.54) is 14.2 Å². The number of aliphatic hydroxyl groups excluding tert-OH is 1. The highest BCUT2D eigenvalue weighted by Gasteiger charge is 2.48. The van der Waals surface area contributed by atoms with E-state index in [4.69, 9.17) is 24.7 Å². The Kier molecular flexibility index (Phi) is 4.88. The lowest BCUT2D eigenvalue weighted by Crippen LogP contribution is -2.49. The summed E-state index contributed by atoms with van der Waals surface area (Å²) in [7, 11) is 2.92. The molecule has 0 saturated carbocycles. The van der Waals surface area contributed by atoms with Crippen molar-refractivity contribution >= 4 is 0 Å². The summed E-state index contributed by atoms with van der Waals surface area (Å²) in [6.07, 6.45) is -2.69. The second-order valence-corrected chi connectivity index (χ2v) is 4.75. The molecular formula is C11H23NO5. The lowest BCUT2D eigenvalue weighted by molar-refractivity contribution is -0.209. The summed E-state index contributed by atoms with van der Waals surface area (Å²) >= 11 is 0. The summed E-state index contributed by atoms with van der Waals surface area (Å²) < 4.78 is 21.4. The highest BCUT2D eigenvalue weighted by molar-refractivity contribution is 4.91. The van der Waals surface area contributed by atoms with Crippen LogP contribution in [-0.2, 0) is 18.9 Å². The van der Waals surface area contributed by atoms with E-state index in [9.17, 15) is 5.11 Å². The van der Waals surface area contributed by atoms with Crippen molar-refractivity contribution in [3.63, 3.8) is 0 Å². The molecule has 1 aliphatic heterocycles. The van der Waals surface area contributed by atoms with Crippen molar-refractivity contribution in [3.8, 4) is 0 Å². The van der Waals surface area contributed by atoms with Gasteiger partial charge in [0.25, 0.3) is 0 Å². The highest BCUT2D eigenvalue weighted by atomic mass is 16.8. The molecule has 0 radical (unpaired) electrons. The van der Waals surface area contributed by atoms with Crippen LogP contribution in [0.1, 0.15) is 20.8 Å². The smallest absolute Gasteiger partial charge is 0.185 e. The van der Waals surface area contributed by atoms with Crippen molar-refractivity contribution in [2.75, 3.05) is 14.2 Å². The number of rotatable bonds is 5. The molecule has 0 unspecified atom stereocenters. The molecule has 0 aromatic rings. The first-order chi connectivity index (χ1) is 7.82. The van der Waals surface area contributed by atoms with Gasteiger partial charge in [-0.2, -0.15) is 0 Å². The van der Waals surface area contributed by atoms with Crippen molar-refractivity contribution in [2.45, 2.75) is 57.2 Å². The first-order valence-corrected chi connectivity index (χ1v) is 5.67. The molecule has 1 fully saturated rings. The Morgan fingerprint density at radius 3 is 2.06 bits per heavy atom. The molecule has 1 rings (SSSR count). The minimum Gasteiger partial charge on any atom is -0.385 e. The van der Waals surface area contributed by atoms with Gasteiger partial charge in [0.2, 0.25) is 0 Å². The Bertz CT molecular complexity index is 242. The molecule has 6 nitrogen and oxygen atoms in total. The molecular weight excluding hydrogens is 226 g/mol. The van der Waals surface area contributed by atoms with E-state index in [0.717, 1.165) is 0 Å². The first kappa shape index (κ1) is 14.8. The fourth-order valence-electron chi connectivity index (χ4n) is 2.02. The van der Waals surface area contributed by atoms with E-state index in [1.807, 2.05) is 6.92 Å². The fourth-order valence-corrected chi connectivity index (χ4v) is 2.02. The monoisotopic (exact) mass is 249 g/mol. The molecule has 1 saturated heterocycles. The van der Waals surface area contributed by atoms with E-state index in [2.05, 4.69) is 0 Å². The molecule has 6 heteroatoms. The Morgan fingerprint density at radius 2 is 1.65 bits per heavy atom. The van der Waals surface area contributed by atoms with Crippen LogP contribution in [0, 0.1) is 0 Å². The van der Waals surface area contributed by atoms with Gasteiger partial charge >= 0.3 is 0 Å². The average Bonchev–Trinajstić information content (AvgIpc) is 2.56. The van der Waals surface area contributed by atoms with Crippen molar-refractivity contribution in [1.29, 1.82) is 0 Å². The van der Waals surface area contributed by atoms with Crippen molar-refractivity contribution in [1.82, 2.24) is 0 Å². The zero-order valence-corrected chi connectivity index (χ0v) is 11.0. The molecule has 0 aliphatic carbocycles. The van der Waals surface area contributed by atoms with Crippen LogP contribution in [0.25, 0.3) is 0 Å². The maximum atomic E-state index is 10.1. The Hall–Kier alpha value is -0.240. The summed E-state index contributed by atoms with van der Waals surface area (Å²) in [5.74, 6) is -0.768.